The first-order valence-corrected chi connectivity index (χ1v) is 7.83. The molecule has 0 unspecified atom stereocenters. The van der Waals surface area contributed by atoms with Gasteiger partial charge in [0.05, 0.1) is 6.10 Å². The van der Waals surface area contributed by atoms with Crippen molar-refractivity contribution in [2.75, 3.05) is 0 Å². The molecule has 0 bridgehead atoms. The molecule has 0 saturated carbocycles. The number of benzene rings is 2. The maximum absolute atomic E-state index is 10.6. The standard InChI is InChI=1S/C19H23NO/c1-2-16-18(21)13-17(14-9-5-3-6-10-14)20-19(16)15-11-7-4-8-12-15/h3-12,16-21H,2,13H2,1H3/t16-,17+,18-,19+/m1/s1. The normalized spacial score (nSPS) is 29.2. The van der Waals surface area contributed by atoms with E-state index in [4.69, 9.17) is 0 Å². The summed E-state index contributed by atoms with van der Waals surface area (Å²) in [6.07, 6.45) is 1.51. The van der Waals surface area contributed by atoms with Gasteiger partial charge in [0.25, 0.3) is 0 Å². The van der Waals surface area contributed by atoms with Crippen molar-refractivity contribution in [2.45, 2.75) is 38.0 Å². The van der Waals surface area contributed by atoms with Gasteiger partial charge in [-0.1, -0.05) is 67.6 Å². The Morgan fingerprint density at radius 3 is 2.10 bits per heavy atom. The number of nitrogens with one attached hydrogen (secondary N) is 1. The fourth-order valence-corrected chi connectivity index (χ4v) is 3.48. The first-order valence-electron chi connectivity index (χ1n) is 7.83. The van der Waals surface area contributed by atoms with E-state index in [1.165, 1.54) is 11.1 Å². The first kappa shape index (κ1) is 14.3. The van der Waals surface area contributed by atoms with E-state index in [9.17, 15) is 5.11 Å². The molecular formula is C19H23NO. The smallest absolute Gasteiger partial charge is 0.0604 e. The minimum atomic E-state index is -0.258. The zero-order chi connectivity index (χ0) is 14.7. The van der Waals surface area contributed by atoms with Crippen LogP contribution in [0.5, 0.6) is 0 Å². The van der Waals surface area contributed by atoms with Crippen molar-refractivity contribution in [1.29, 1.82) is 0 Å². The molecule has 0 radical (unpaired) electrons. The summed E-state index contributed by atoms with van der Waals surface area (Å²) < 4.78 is 0. The van der Waals surface area contributed by atoms with E-state index in [-0.39, 0.29) is 24.1 Å². The third-order valence-corrected chi connectivity index (χ3v) is 4.61. The Morgan fingerprint density at radius 1 is 0.952 bits per heavy atom. The van der Waals surface area contributed by atoms with E-state index in [2.05, 4.69) is 60.8 Å². The lowest BCUT2D eigenvalue weighted by Crippen LogP contribution is -2.44. The van der Waals surface area contributed by atoms with Crippen LogP contribution in [0.15, 0.2) is 60.7 Å². The number of hydrogen-bond acceptors (Lipinski definition) is 2. The SMILES string of the molecule is CC[C@@H]1[C@H](O)C[C@@H](c2ccccc2)N[C@H]1c1ccccc1. The molecule has 4 atom stereocenters. The summed E-state index contributed by atoms with van der Waals surface area (Å²) in [4.78, 5) is 0. The van der Waals surface area contributed by atoms with Crippen LogP contribution in [0.1, 0.15) is 43.0 Å². The van der Waals surface area contributed by atoms with E-state index in [1.807, 2.05) is 12.1 Å². The van der Waals surface area contributed by atoms with Gasteiger partial charge in [-0.25, -0.2) is 0 Å². The van der Waals surface area contributed by atoms with Crippen LogP contribution in [0.2, 0.25) is 0 Å². The quantitative estimate of drug-likeness (QED) is 0.895. The maximum atomic E-state index is 10.6. The predicted molar refractivity (Wildman–Crippen MR) is 85.9 cm³/mol. The summed E-state index contributed by atoms with van der Waals surface area (Å²) in [7, 11) is 0. The molecule has 21 heavy (non-hydrogen) atoms. The second kappa shape index (κ2) is 6.42. The molecule has 3 rings (SSSR count). The lowest BCUT2D eigenvalue weighted by atomic mass is 9.78. The highest BCUT2D eigenvalue weighted by molar-refractivity contribution is 5.25. The lowest BCUT2D eigenvalue weighted by Gasteiger charge is -2.41. The van der Waals surface area contributed by atoms with Crippen LogP contribution in [0.4, 0.5) is 0 Å². The molecule has 2 N–H and O–H groups in total. The van der Waals surface area contributed by atoms with Crippen LogP contribution in [-0.2, 0) is 0 Å². The largest absolute Gasteiger partial charge is 0.393 e. The highest BCUT2D eigenvalue weighted by Gasteiger charge is 2.36. The average Bonchev–Trinajstić information content (AvgIpc) is 2.55. The van der Waals surface area contributed by atoms with Crippen LogP contribution in [-0.4, -0.2) is 11.2 Å². The molecule has 1 fully saturated rings. The van der Waals surface area contributed by atoms with Crippen molar-refractivity contribution < 1.29 is 5.11 Å². The Kier molecular flexibility index (Phi) is 4.37. The van der Waals surface area contributed by atoms with Gasteiger partial charge in [0, 0.05) is 18.0 Å². The number of piperidine rings is 1. The highest BCUT2D eigenvalue weighted by Crippen LogP contribution is 2.38. The van der Waals surface area contributed by atoms with E-state index in [0.29, 0.717) is 0 Å². The van der Waals surface area contributed by atoms with E-state index in [0.717, 1.165) is 12.8 Å². The van der Waals surface area contributed by atoms with Crippen LogP contribution in [0.3, 0.4) is 0 Å². The summed E-state index contributed by atoms with van der Waals surface area (Å²) in [5, 5.41) is 14.3. The van der Waals surface area contributed by atoms with Crippen molar-refractivity contribution in [3.05, 3.63) is 71.8 Å². The molecule has 0 amide bonds. The van der Waals surface area contributed by atoms with Gasteiger partial charge in [-0.2, -0.15) is 0 Å². The van der Waals surface area contributed by atoms with Crippen LogP contribution < -0.4 is 5.32 Å². The van der Waals surface area contributed by atoms with Gasteiger partial charge >= 0.3 is 0 Å². The van der Waals surface area contributed by atoms with Gasteiger partial charge in [-0.05, 0) is 24.0 Å². The van der Waals surface area contributed by atoms with Crippen molar-refractivity contribution in [3.8, 4) is 0 Å². The van der Waals surface area contributed by atoms with Crippen molar-refractivity contribution in [1.82, 2.24) is 5.32 Å². The molecule has 0 spiro atoms. The van der Waals surface area contributed by atoms with Crippen molar-refractivity contribution in [2.24, 2.45) is 5.92 Å². The molecule has 0 aromatic heterocycles. The van der Waals surface area contributed by atoms with Crippen LogP contribution >= 0.6 is 0 Å². The number of hydrogen-bond donors (Lipinski definition) is 2. The molecule has 1 saturated heterocycles. The third kappa shape index (κ3) is 3.02. The number of aliphatic hydroxyl groups excluding tert-OH is 1. The first-order chi connectivity index (χ1) is 10.3. The van der Waals surface area contributed by atoms with Gasteiger partial charge in [0.1, 0.15) is 0 Å². The van der Waals surface area contributed by atoms with Crippen molar-refractivity contribution in [3.63, 3.8) is 0 Å². The Bertz CT molecular complexity index is 554. The molecule has 2 aromatic carbocycles. The summed E-state index contributed by atoms with van der Waals surface area (Å²) in [6, 6.07) is 21.4. The second-order valence-electron chi connectivity index (χ2n) is 5.89. The summed E-state index contributed by atoms with van der Waals surface area (Å²) >= 11 is 0. The van der Waals surface area contributed by atoms with Gasteiger partial charge in [-0.3, -0.25) is 0 Å². The molecule has 1 aliphatic heterocycles. The zero-order valence-electron chi connectivity index (χ0n) is 12.4. The maximum Gasteiger partial charge on any atom is 0.0604 e. The molecule has 2 aromatic rings. The lowest BCUT2D eigenvalue weighted by molar-refractivity contribution is 0.0290. The predicted octanol–water partition coefficient (Wildman–Crippen LogP) is 3.85. The number of aliphatic hydroxyl groups is 1. The molecule has 2 heteroatoms. The molecular weight excluding hydrogens is 258 g/mol. The summed E-state index contributed by atoms with van der Waals surface area (Å²) in [5.74, 6) is 0.271. The Hall–Kier alpha value is -1.64. The summed E-state index contributed by atoms with van der Waals surface area (Å²) in [6.45, 7) is 2.16. The average molecular weight is 281 g/mol. The minimum Gasteiger partial charge on any atom is -0.393 e. The van der Waals surface area contributed by atoms with E-state index < -0.39 is 0 Å². The van der Waals surface area contributed by atoms with Crippen LogP contribution in [0, 0.1) is 5.92 Å². The van der Waals surface area contributed by atoms with Gasteiger partial charge in [0.15, 0.2) is 0 Å². The molecule has 1 aliphatic rings. The fraction of sp³-hybridized carbons (Fsp3) is 0.368. The Balaban J connectivity index is 1.89. The summed E-state index contributed by atoms with van der Waals surface area (Å²) in [5.41, 5.74) is 2.52. The highest BCUT2D eigenvalue weighted by atomic mass is 16.3. The Morgan fingerprint density at radius 2 is 1.52 bits per heavy atom. The van der Waals surface area contributed by atoms with Gasteiger partial charge < -0.3 is 10.4 Å². The van der Waals surface area contributed by atoms with Gasteiger partial charge in [0.2, 0.25) is 0 Å². The van der Waals surface area contributed by atoms with Gasteiger partial charge in [-0.15, -0.1) is 0 Å². The monoisotopic (exact) mass is 281 g/mol. The second-order valence-corrected chi connectivity index (χ2v) is 5.89. The molecule has 1 heterocycles. The third-order valence-electron chi connectivity index (χ3n) is 4.61. The van der Waals surface area contributed by atoms with Crippen molar-refractivity contribution >= 4 is 0 Å². The molecule has 0 aliphatic carbocycles. The topological polar surface area (TPSA) is 32.3 Å². The molecule has 2 nitrogen and oxygen atoms in total. The van der Waals surface area contributed by atoms with E-state index in [1.54, 1.807) is 0 Å². The Labute approximate surface area is 126 Å². The van der Waals surface area contributed by atoms with E-state index >= 15 is 0 Å². The zero-order valence-corrected chi connectivity index (χ0v) is 12.4. The number of rotatable bonds is 3. The fourth-order valence-electron chi connectivity index (χ4n) is 3.48. The molecule has 110 valence electrons. The van der Waals surface area contributed by atoms with Crippen LogP contribution in [0.25, 0.3) is 0 Å². The minimum absolute atomic E-state index is 0.213.